The summed E-state index contributed by atoms with van der Waals surface area (Å²) in [5, 5.41) is 0. The van der Waals surface area contributed by atoms with Gasteiger partial charge in [-0.15, -0.1) is 0 Å². The molecule has 3 aromatic carbocycles. The topological polar surface area (TPSA) is 0 Å². The van der Waals surface area contributed by atoms with Crippen molar-refractivity contribution in [3.63, 3.8) is 0 Å². The second kappa shape index (κ2) is 6.26. The average molecular weight is 482 g/mol. The molecule has 3 rings (SSSR count). The van der Waals surface area contributed by atoms with Gasteiger partial charge in [-0.3, -0.25) is 0 Å². The predicted molar refractivity (Wildman–Crippen MR) is 103 cm³/mol. The monoisotopic (exact) mass is 482 g/mol. The van der Waals surface area contributed by atoms with Crippen molar-refractivity contribution in [2.45, 2.75) is 0 Å². The Morgan fingerprint density at radius 3 is 1.05 bits per heavy atom. The second-order valence-electron chi connectivity index (χ2n) is 4.51. The fourth-order valence-corrected chi connectivity index (χ4v) is 3.67. The highest BCUT2D eigenvalue weighted by atomic mass is 127. The molecule has 0 aliphatic carbocycles. The summed E-state index contributed by atoms with van der Waals surface area (Å²) in [5.41, 5.74) is 5.18. The van der Waals surface area contributed by atoms with Crippen LogP contribution >= 0.6 is 45.2 Å². The number of benzene rings is 3. The van der Waals surface area contributed by atoms with Crippen LogP contribution in [0.1, 0.15) is 0 Å². The lowest BCUT2D eigenvalue weighted by atomic mass is 9.95. The van der Waals surface area contributed by atoms with Crippen molar-refractivity contribution >= 4 is 45.2 Å². The van der Waals surface area contributed by atoms with Crippen LogP contribution in [0.3, 0.4) is 0 Å². The first-order valence-corrected chi connectivity index (χ1v) is 8.52. The molecule has 0 fully saturated rings. The first-order valence-electron chi connectivity index (χ1n) is 6.36. The molecule has 0 atom stereocenters. The quantitative estimate of drug-likeness (QED) is 0.380. The minimum absolute atomic E-state index is 1.28. The van der Waals surface area contributed by atoms with Gasteiger partial charge in [0.25, 0.3) is 0 Å². The summed E-state index contributed by atoms with van der Waals surface area (Å²) in [6.45, 7) is 0. The molecular formula is C18H12I2. The minimum atomic E-state index is 1.28. The molecule has 0 N–H and O–H groups in total. The molecule has 0 aromatic heterocycles. The van der Waals surface area contributed by atoms with Crippen LogP contribution in [-0.4, -0.2) is 0 Å². The molecule has 0 spiro atoms. The van der Waals surface area contributed by atoms with Crippen LogP contribution < -0.4 is 0 Å². The van der Waals surface area contributed by atoms with Crippen LogP contribution in [0.5, 0.6) is 0 Å². The smallest absolute Gasteiger partial charge is 0.0209 e. The van der Waals surface area contributed by atoms with E-state index in [1.165, 1.54) is 29.4 Å². The fraction of sp³-hybridized carbons (Fsp3) is 0. The molecule has 0 aliphatic rings. The van der Waals surface area contributed by atoms with Crippen molar-refractivity contribution < 1.29 is 0 Å². The van der Waals surface area contributed by atoms with Gasteiger partial charge in [-0.25, -0.2) is 0 Å². The Hall–Kier alpha value is -0.880. The van der Waals surface area contributed by atoms with E-state index in [4.69, 9.17) is 0 Å². The Morgan fingerprint density at radius 1 is 0.400 bits per heavy atom. The summed E-state index contributed by atoms with van der Waals surface area (Å²) in [4.78, 5) is 0. The average Bonchev–Trinajstić information content (AvgIpc) is 2.48. The van der Waals surface area contributed by atoms with Crippen molar-refractivity contribution in [2.24, 2.45) is 0 Å². The Bertz CT molecular complexity index is 683. The van der Waals surface area contributed by atoms with Gasteiger partial charge in [0.05, 0.1) is 0 Å². The molecule has 98 valence electrons. The zero-order chi connectivity index (χ0) is 13.9. The highest BCUT2D eigenvalue weighted by Gasteiger charge is 2.10. The highest BCUT2D eigenvalue weighted by molar-refractivity contribution is 14.1. The lowest BCUT2D eigenvalue weighted by molar-refractivity contribution is 1.54. The lowest BCUT2D eigenvalue weighted by Crippen LogP contribution is -1.89. The van der Waals surface area contributed by atoms with E-state index in [1.54, 1.807) is 0 Å². The second-order valence-corrected chi connectivity index (χ2v) is 6.83. The standard InChI is InChI=1S/C18H12I2/c19-17-11-5-3-9-15(17)13-7-1-2-8-14(13)16-10-4-6-12-18(16)20/h1-12H. The summed E-state index contributed by atoms with van der Waals surface area (Å²) >= 11 is 4.81. The van der Waals surface area contributed by atoms with Gasteiger partial charge in [0.1, 0.15) is 0 Å². The van der Waals surface area contributed by atoms with E-state index >= 15 is 0 Å². The highest BCUT2D eigenvalue weighted by Crippen LogP contribution is 2.36. The molecule has 20 heavy (non-hydrogen) atoms. The summed E-state index contributed by atoms with van der Waals surface area (Å²) in [6.07, 6.45) is 0. The molecule has 0 unspecified atom stereocenters. The number of hydrogen-bond donors (Lipinski definition) is 0. The third kappa shape index (κ3) is 2.76. The maximum Gasteiger partial charge on any atom is 0.0209 e. The van der Waals surface area contributed by atoms with Gasteiger partial charge in [-0.1, -0.05) is 60.7 Å². The zero-order valence-corrected chi connectivity index (χ0v) is 15.0. The van der Waals surface area contributed by atoms with Gasteiger partial charge in [0.15, 0.2) is 0 Å². The first-order chi connectivity index (χ1) is 9.77. The predicted octanol–water partition coefficient (Wildman–Crippen LogP) is 6.23. The van der Waals surface area contributed by atoms with Crippen molar-refractivity contribution in [1.29, 1.82) is 0 Å². The van der Waals surface area contributed by atoms with E-state index < -0.39 is 0 Å². The van der Waals surface area contributed by atoms with Gasteiger partial charge in [0, 0.05) is 7.14 Å². The molecule has 0 saturated carbocycles. The van der Waals surface area contributed by atoms with Gasteiger partial charge >= 0.3 is 0 Å². The van der Waals surface area contributed by atoms with Crippen LogP contribution in [0.25, 0.3) is 22.3 Å². The van der Waals surface area contributed by atoms with E-state index in [2.05, 4.69) is 118 Å². The van der Waals surface area contributed by atoms with Crippen LogP contribution in [-0.2, 0) is 0 Å². The molecule has 0 nitrogen and oxygen atoms in total. The van der Waals surface area contributed by atoms with Crippen molar-refractivity contribution in [3.8, 4) is 22.3 Å². The normalized spacial score (nSPS) is 10.5. The van der Waals surface area contributed by atoms with Crippen LogP contribution in [0.2, 0.25) is 0 Å². The van der Waals surface area contributed by atoms with E-state index in [0.29, 0.717) is 0 Å². The molecule has 0 saturated heterocycles. The molecule has 0 amide bonds. The SMILES string of the molecule is Ic1ccccc1-c1ccccc1-c1ccccc1I. The summed E-state index contributed by atoms with van der Waals surface area (Å²) in [7, 11) is 0. The van der Waals surface area contributed by atoms with E-state index in [9.17, 15) is 0 Å². The minimum Gasteiger partial charge on any atom is -0.0616 e. The Kier molecular flexibility index (Phi) is 4.41. The molecule has 0 radical (unpaired) electrons. The molecular weight excluding hydrogens is 470 g/mol. The number of halogens is 2. The van der Waals surface area contributed by atoms with Gasteiger partial charge in [-0.2, -0.15) is 0 Å². The van der Waals surface area contributed by atoms with Crippen molar-refractivity contribution in [3.05, 3.63) is 79.9 Å². The maximum absolute atomic E-state index is 2.41. The largest absolute Gasteiger partial charge is 0.0616 e. The van der Waals surface area contributed by atoms with Crippen molar-refractivity contribution in [1.82, 2.24) is 0 Å². The van der Waals surface area contributed by atoms with Gasteiger partial charge < -0.3 is 0 Å². The Morgan fingerprint density at radius 2 is 0.700 bits per heavy atom. The third-order valence-corrected chi connectivity index (χ3v) is 5.14. The van der Waals surface area contributed by atoms with E-state index in [-0.39, 0.29) is 0 Å². The molecule has 2 heteroatoms. The number of hydrogen-bond acceptors (Lipinski definition) is 0. The van der Waals surface area contributed by atoms with E-state index in [1.807, 2.05) is 0 Å². The van der Waals surface area contributed by atoms with Crippen molar-refractivity contribution in [2.75, 3.05) is 0 Å². The van der Waals surface area contributed by atoms with Gasteiger partial charge in [0.2, 0.25) is 0 Å². The molecule has 0 heterocycles. The van der Waals surface area contributed by atoms with Crippen LogP contribution in [0.15, 0.2) is 72.8 Å². The Balaban J connectivity index is 2.25. The maximum atomic E-state index is 2.41. The lowest BCUT2D eigenvalue weighted by Gasteiger charge is -2.12. The number of rotatable bonds is 2. The van der Waals surface area contributed by atoms with Gasteiger partial charge in [-0.05, 0) is 79.6 Å². The first kappa shape index (κ1) is 14.1. The molecule has 3 aromatic rings. The van der Waals surface area contributed by atoms with Crippen LogP contribution in [0.4, 0.5) is 0 Å². The summed E-state index contributed by atoms with van der Waals surface area (Å²) in [5.74, 6) is 0. The Labute approximate surface area is 146 Å². The zero-order valence-electron chi connectivity index (χ0n) is 10.7. The fourth-order valence-electron chi connectivity index (χ4n) is 2.31. The van der Waals surface area contributed by atoms with Crippen LogP contribution in [0, 0.1) is 7.14 Å². The summed E-state index contributed by atoms with van der Waals surface area (Å²) in [6, 6.07) is 25.7. The van der Waals surface area contributed by atoms with E-state index in [0.717, 1.165) is 0 Å². The molecule has 0 bridgehead atoms. The summed E-state index contributed by atoms with van der Waals surface area (Å²) < 4.78 is 2.56. The third-order valence-electron chi connectivity index (χ3n) is 3.26. The molecule has 0 aliphatic heterocycles.